The number of ether oxygens (including phenoxy) is 2. The molecule has 0 spiro atoms. The molecule has 2 aromatic carbocycles. The van der Waals surface area contributed by atoms with Crippen molar-refractivity contribution in [2.45, 2.75) is 95.8 Å². The number of halogens is 1. The third-order valence-electron chi connectivity index (χ3n) is 9.06. The first-order chi connectivity index (χ1) is 17.1. The minimum Gasteiger partial charge on any atom is -0.467 e. The van der Waals surface area contributed by atoms with E-state index in [2.05, 4.69) is 59.3 Å². The highest BCUT2D eigenvalue weighted by atomic mass is 79.9. The maximum atomic E-state index is 6.50. The summed E-state index contributed by atoms with van der Waals surface area (Å²) in [6.45, 7) is 2.59. The summed E-state index contributed by atoms with van der Waals surface area (Å²) in [6.07, 6.45) is 17.6. The van der Waals surface area contributed by atoms with Crippen LogP contribution in [0.5, 0.6) is 5.75 Å². The molecular weight excluding hydrogens is 496 g/mol. The largest absolute Gasteiger partial charge is 0.467 e. The zero-order valence-corrected chi connectivity index (χ0v) is 23.4. The van der Waals surface area contributed by atoms with Gasteiger partial charge in [0.05, 0.1) is 0 Å². The standard InChI is InChI=1S/C32H43BrO2/c1-3-4-5-6-7-8-11-23-17-28(27-12-9-10-13-30(27)33)31(35-22-34-2)29(18-23)32-19-24-14-25(20-32)16-26(15-24)21-32/h9-10,12-13,17-18,24-26H,3-8,11,14-16,19-22H2,1-2H3. The summed E-state index contributed by atoms with van der Waals surface area (Å²) in [5, 5.41) is 0. The molecule has 3 heteroatoms. The summed E-state index contributed by atoms with van der Waals surface area (Å²) in [5.74, 6) is 3.80. The van der Waals surface area contributed by atoms with Gasteiger partial charge in [0, 0.05) is 22.7 Å². The highest BCUT2D eigenvalue weighted by Gasteiger charge is 2.52. The van der Waals surface area contributed by atoms with Crippen LogP contribution in [-0.2, 0) is 16.6 Å². The zero-order valence-electron chi connectivity index (χ0n) is 21.8. The number of hydrogen-bond donors (Lipinski definition) is 0. The highest BCUT2D eigenvalue weighted by Crippen LogP contribution is 2.62. The predicted molar refractivity (Wildman–Crippen MR) is 149 cm³/mol. The zero-order chi connectivity index (χ0) is 24.3. The van der Waals surface area contributed by atoms with Gasteiger partial charge in [0.25, 0.3) is 0 Å². The van der Waals surface area contributed by atoms with Crippen LogP contribution in [0.4, 0.5) is 0 Å². The molecule has 0 aromatic heterocycles. The van der Waals surface area contributed by atoms with Crippen molar-refractivity contribution in [3.8, 4) is 16.9 Å². The molecule has 2 aromatic rings. The van der Waals surface area contributed by atoms with E-state index in [0.717, 1.165) is 34.4 Å². The van der Waals surface area contributed by atoms with Crippen LogP contribution in [0.2, 0.25) is 0 Å². The molecule has 0 atom stereocenters. The lowest BCUT2D eigenvalue weighted by Crippen LogP contribution is -2.48. The van der Waals surface area contributed by atoms with Gasteiger partial charge in [-0.15, -0.1) is 0 Å². The van der Waals surface area contributed by atoms with Crippen LogP contribution in [-0.4, -0.2) is 13.9 Å². The van der Waals surface area contributed by atoms with E-state index in [1.54, 1.807) is 7.11 Å². The van der Waals surface area contributed by atoms with Crippen LogP contribution in [0.25, 0.3) is 11.1 Å². The van der Waals surface area contributed by atoms with E-state index in [-0.39, 0.29) is 5.41 Å². The fourth-order valence-corrected chi connectivity index (χ4v) is 8.43. The van der Waals surface area contributed by atoms with Crippen molar-refractivity contribution in [2.75, 3.05) is 13.9 Å². The molecule has 35 heavy (non-hydrogen) atoms. The molecule has 190 valence electrons. The fourth-order valence-electron chi connectivity index (χ4n) is 7.93. The van der Waals surface area contributed by atoms with Crippen LogP contribution < -0.4 is 4.74 Å². The van der Waals surface area contributed by atoms with Crippen molar-refractivity contribution >= 4 is 15.9 Å². The van der Waals surface area contributed by atoms with Gasteiger partial charge in [-0.05, 0) is 97.8 Å². The van der Waals surface area contributed by atoms with Gasteiger partial charge in [0.2, 0.25) is 0 Å². The Balaban J connectivity index is 1.54. The smallest absolute Gasteiger partial charge is 0.188 e. The van der Waals surface area contributed by atoms with Crippen molar-refractivity contribution in [3.05, 3.63) is 52.0 Å². The van der Waals surface area contributed by atoms with Crippen LogP contribution in [0, 0.1) is 17.8 Å². The average Bonchev–Trinajstić information content (AvgIpc) is 2.84. The van der Waals surface area contributed by atoms with E-state index in [4.69, 9.17) is 9.47 Å². The Kier molecular flexibility index (Phi) is 8.24. The van der Waals surface area contributed by atoms with Crippen LogP contribution in [0.1, 0.15) is 95.1 Å². The van der Waals surface area contributed by atoms with Gasteiger partial charge < -0.3 is 9.47 Å². The molecule has 0 unspecified atom stereocenters. The first kappa shape index (κ1) is 25.3. The molecule has 0 amide bonds. The molecule has 0 radical (unpaired) electrons. The van der Waals surface area contributed by atoms with Crippen molar-refractivity contribution in [1.29, 1.82) is 0 Å². The van der Waals surface area contributed by atoms with E-state index in [1.807, 2.05) is 0 Å². The molecule has 4 saturated carbocycles. The topological polar surface area (TPSA) is 18.5 Å². The number of benzene rings is 2. The van der Waals surface area contributed by atoms with Gasteiger partial charge in [-0.3, -0.25) is 0 Å². The lowest BCUT2D eigenvalue weighted by molar-refractivity contribution is -0.00878. The second-order valence-corrected chi connectivity index (χ2v) is 12.6. The third-order valence-corrected chi connectivity index (χ3v) is 9.75. The Morgan fingerprint density at radius 2 is 1.51 bits per heavy atom. The Hall–Kier alpha value is -1.32. The lowest BCUT2D eigenvalue weighted by atomic mass is 9.48. The van der Waals surface area contributed by atoms with Gasteiger partial charge in [0.15, 0.2) is 6.79 Å². The van der Waals surface area contributed by atoms with E-state index >= 15 is 0 Å². The summed E-state index contributed by atoms with van der Waals surface area (Å²) < 4.78 is 13.1. The quantitative estimate of drug-likeness (QED) is 0.198. The number of unbranched alkanes of at least 4 members (excludes halogenated alkanes) is 5. The van der Waals surface area contributed by atoms with Crippen molar-refractivity contribution in [1.82, 2.24) is 0 Å². The predicted octanol–water partition coefficient (Wildman–Crippen LogP) is 9.47. The van der Waals surface area contributed by atoms with Crippen molar-refractivity contribution < 1.29 is 9.47 Å². The molecule has 4 aliphatic carbocycles. The number of rotatable bonds is 12. The monoisotopic (exact) mass is 538 g/mol. The minimum atomic E-state index is 0.283. The maximum Gasteiger partial charge on any atom is 0.188 e. The van der Waals surface area contributed by atoms with Gasteiger partial charge in [-0.1, -0.05) is 79.2 Å². The number of aryl methyl sites for hydroxylation is 1. The molecule has 0 N–H and O–H groups in total. The Morgan fingerprint density at radius 1 is 0.857 bits per heavy atom. The summed E-state index contributed by atoms with van der Waals surface area (Å²) in [7, 11) is 1.73. The molecule has 4 fully saturated rings. The number of methoxy groups -OCH3 is 1. The first-order valence-electron chi connectivity index (χ1n) is 14.2. The molecule has 2 nitrogen and oxygen atoms in total. The van der Waals surface area contributed by atoms with E-state index in [0.29, 0.717) is 6.79 Å². The van der Waals surface area contributed by atoms with Gasteiger partial charge in [-0.25, -0.2) is 0 Å². The maximum absolute atomic E-state index is 6.50. The van der Waals surface area contributed by atoms with E-state index in [1.165, 1.54) is 99.3 Å². The summed E-state index contributed by atoms with van der Waals surface area (Å²) >= 11 is 3.85. The molecule has 0 saturated heterocycles. The molecule has 4 bridgehead atoms. The first-order valence-corrected chi connectivity index (χ1v) is 14.9. The lowest BCUT2D eigenvalue weighted by Gasteiger charge is -2.57. The van der Waals surface area contributed by atoms with Crippen LogP contribution >= 0.6 is 15.9 Å². The second kappa shape index (κ2) is 11.4. The SMILES string of the molecule is CCCCCCCCc1cc(-c2ccccc2Br)c(OCOC)c(C23CC4CC(CC(C4)C2)C3)c1. The van der Waals surface area contributed by atoms with E-state index < -0.39 is 0 Å². The Labute approximate surface area is 221 Å². The highest BCUT2D eigenvalue weighted by molar-refractivity contribution is 9.10. The summed E-state index contributed by atoms with van der Waals surface area (Å²) in [5.41, 5.74) is 5.73. The van der Waals surface area contributed by atoms with Gasteiger partial charge in [-0.2, -0.15) is 0 Å². The average molecular weight is 540 g/mol. The number of hydrogen-bond acceptors (Lipinski definition) is 2. The Bertz CT molecular complexity index is 962. The second-order valence-electron chi connectivity index (χ2n) is 11.8. The normalized spacial score (nSPS) is 26.9. The Morgan fingerprint density at radius 3 is 2.17 bits per heavy atom. The minimum absolute atomic E-state index is 0.283. The van der Waals surface area contributed by atoms with Crippen LogP contribution in [0.3, 0.4) is 0 Å². The molecule has 4 aliphatic rings. The third kappa shape index (κ3) is 5.52. The van der Waals surface area contributed by atoms with Gasteiger partial charge >= 0.3 is 0 Å². The summed E-state index contributed by atoms with van der Waals surface area (Å²) in [4.78, 5) is 0. The van der Waals surface area contributed by atoms with Crippen molar-refractivity contribution in [3.63, 3.8) is 0 Å². The fraction of sp³-hybridized carbons (Fsp3) is 0.625. The molecule has 6 rings (SSSR count). The summed E-state index contributed by atoms with van der Waals surface area (Å²) in [6, 6.07) is 13.6. The molecular formula is C32H43BrO2. The van der Waals surface area contributed by atoms with E-state index in [9.17, 15) is 0 Å². The van der Waals surface area contributed by atoms with Gasteiger partial charge in [0.1, 0.15) is 5.75 Å². The molecule has 0 aliphatic heterocycles. The van der Waals surface area contributed by atoms with Crippen molar-refractivity contribution in [2.24, 2.45) is 17.8 Å². The van der Waals surface area contributed by atoms with Crippen LogP contribution in [0.15, 0.2) is 40.9 Å². The molecule has 0 heterocycles.